The Hall–Kier alpha value is -2.02. The summed E-state index contributed by atoms with van der Waals surface area (Å²) < 4.78 is 38.1. The van der Waals surface area contributed by atoms with Crippen LogP contribution in [-0.2, 0) is 11.5 Å². The standard InChI is InChI=1S/C15H11BrF3N3/c16-8-9-3-1-2-4-11(9)20-14-21-12-6-5-10(15(17,18)19)7-13(12)22-14/h1-7H,8H2,(H2,20,21,22). The first-order valence-electron chi connectivity index (χ1n) is 6.45. The molecule has 3 aromatic rings. The van der Waals surface area contributed by atoms with Gasteiger partial charge in [-0.3, -0.25) is 0 Å². The lowest BCUT2D eigenvalue weighted by Gasteiger charge is -2.07. The second-order valence-electron chi connectivity index (χ2n) is 4.73. The predicted octanol–water partition coefficient (Wildman–Crippen LogP) is 5.22. The summed E-state index contributed by atoms with van der Waals surface area (Å²) in [5, 5.41) is 3.75. The van der Waals surface area contributed by atoms with Gasteiger partial charge in [0.25, 0.3) is 0 Å². The van der Waals surface area contributed by atoms with Crippen LogP contribution in [0, 0.1) is 0 Å². The van der Waals surface area contributed by atoms with Crippen LogP contribution < -0.4 is 5.32 Å². The van der Waals surface area contributed by atoms with Crippen molar-refractivity contribution in [1.82, 2.24) is 9.97 Å². The number of hydrogen-bond donors (Lipinski definition) is 2. The summed E-state index contributed by atoms with van der Waals surface area (Å²) in [6.07, 6.45) is -4.37. The number of imidazole rings is 1. The zero-order valence-electron chi connectivity index (χ0n) is 11.2. The first-order valence-corrected chi connectivity index (χ1v) is 7.57. The van der Waals surface area contributed by atoms with Crippen molar-refractivity contribution < 1.29 is 13.2 Å². The number of aromatic amines is 1. The third kappa shape index (κ3) is 2.94. The van der Waals surface area contributed by atoms with Crippen molar-refractivity contribution >= 4 is 38.6 Å². The molecule has 0 aliphatic rings. The first-order chi connectivity index (χ1) is 10.5. The van der Waals surface area contributed by atoms with Crippen LogP contribution in [0.25, 0.3) is 11.0 Å². The minimum Gasteiger partial charge on any atom is -0.325 e. The number of aromatic nitrogens is 2. The number of rotatable bonds is 3. The highest BCUT2D eigenvalue weighted by molar-refractivity contribution is 9.08. The molecule has 22 heavy (non-hydrogen) atoms. The van der Waals surface area contributed by atoms with Crippen LogP contribution in [0.15, 0.2) is 42.5 Å². The summed E-state index contributed by atoms with van der Waals surface area (Å²) in [5.74, 6) is 0.405. The Kier molecular flexibility index (Phi) is 3.82. The zero-order valence-corrected chi connectivity index (χ0v) is 12.8. The molecule has 0 unspecified atom stereocenters. The van der Waals surface area contributed by atoms with Gasteiger partial charge in [0.1, 0.15) is 0 Å². The number of nitrogens with one attached hydrogen (secondary N) is 2. The van der Waals surface area contributed by atoms with Gasteiger partial charge in [0.2, 0.25) is 5.95 Å². The minimum atomic E-state index is -4.37. The van der Waals surface area contributed by atoms with E-state index in [1.54, 1.807) is 0 Å². The fourth-order valence-corrected chi connectivity index (χ4v) is 2.62. The first kappa shape index (κ1) is 14.9. The van der Waals surface area contributed by atoms with E-state index in [2.05, 4.69) is 31.2 Å². The Labute approximate surface area is 132 Å². The summed E-state index contributed by atoms with van der Waals surface area (Å²) in [5.41, 5.74) is 1.98. The summed E-state index contributed by atoms with van der Waals surface area (Å²) in [6.45, 7) is 0. The van der Waals surface area contributed by atoms with Gasteiger partial charge in [0, 0.05) is 11.0 Å². The molecule has 0 saturated heterocycles. The molecule has 1 aromatic heterocycles. The van der Waals surface area contributed by atoms with Gasteiger partial charge < -0.3 is 10.3 Å². The molecule has 0 atom stereocenters. The molecular weight excluding hydrogens is 359 g/mol. The molecule has 0 amide bonds. The van der Waals surface area contributed by atoms with Gasteiger partial charge in [-0.25, -0.2) is 4.98 Å². The second kappa shape index (κ2) is 5.64. The molecule has 3 nitrogen and oxygen atoms in total. The van der Waals surface area contributed by atoms with E-state index >= 15 is 0 Å². The van der Waals surface area contributed by atoms with Gasteiger partial charge in [-0.05, 0) is 29.8 Å². The van der Waals surface area contributed by atoms with Crippen LogP contribution >= 0.6 is 15.9 Å². The monoisotopic (exact) mass is 369 g/mol. The summed E-state index contributed by atoms with van der Waals surface area (Å²) in [7, 11) is 0. The van der Waals surface area contributed by atoms with Crippen molar-refractivity contribution in [3.63, 3.8) is 0 Å². The smallest absolute Gasteiger partial charge is 0.325 e. The number of anilines is 2. The summed E-state index contributed by atoms with van der Waals surface area (Å²) in [4.78, 5) is 7.14. The molecule has 0 radical (unpaired) electrons. The van der Waals surface area contributed by atoms with Gasteiger partial charge in [-0.1, -0.05) is 34.1 Å². The molecule has 0 aliphatic carbocycles. The molecule has 2 aromatic carbocycles. The average molecular weight is 370 g/mol. The summed E-state index contributed by atoms with van der Waals surface area (Å²) in [6, 6.07) is 11.1. The van der Waals surface area contributed by atoms with Crippen LogP contribution in [-0.4, -0.2) is 9.97 Å². The number of halogens is 4. The third-order valence-electron chi connectivity index (χ3n) is 3.22. The normalized spacial score (nSPS) is 11.8. The molecular formula is C15H11BrF3N3. The van der Waals surface area contributed by atoms with Crippen LogP contribution in [0.2, 0.25) is 0 Å². The Balaban J connectivity index is 1.95. The number of H-pyrrole nitrogens is 1. The molecule has 0 bridgehead atoms. The van der Waals surface area contributed by atoms with Crippen LogP contribution in [0.3, 0.4) is 0 Å². The lowest BCUT2D eigenvalue weighted by Crippen LogP contribution is -2.04. The van der Waals surface area contributed by atoms with Crippen LogP contribution in [0.4, 0.5) is 24.8 Å². The molecule has 0 saturated carbocycles. The zero-order chi connectivity index (χ0) is 15.7. The fourth-order valence-electron chi connectivity index (χ4n) is 2.13. The van der Waals surface area contributed by atoms with E-state index in [-0.39, 0.29) is 5.52 Å². The highest BCUT2D eigenvalue weighted by Crippen LogP contribution is 2.31. The highest BCUT2D eigenvalue weighted by atomic mass is 79.9. The molecule has 0 fully saturated rings. The molecule has 0 spiro atoms. The molecule has 3 rings (SSSR count). The van der Waals surface area contributed by atoms with Crippen molar-refractivity contribution in [1.29, 1.82) is 0 Å². The van der Waals surface area contributed by atoms with Gasteiger partial charge in [-0.15, -0.1) is 0 Å². The van der Waals surface area contributed by atoms with E-state index in [9.17, 15) is 13.2 Å². The lowest BCUT2D eigenvalue weighted by molar-refractivity contribution is -0.137. The number of nitrogens with zero attached hydrogens (tertiary/aromatic N) is 1. The third-order valence-corrected chi connectivity index (χ3v) is 3.83. The Bertz CT molecular complexity index is 811. The maximum absolute atomic E-state index is 12.7. The number of benzene rings is 2. The van der Waals surface area contributed by atoms with Gasteiger partial charge >= 0.3 is 6.18 Å². The SMILES string of the molecule is FC(F)(F)c1ccc2[nH]c(Nc3ccccc3CBr)nc2c1. The van der Waals surface area contributed by atoms with Crippen molar-refractivity contribution in [3.8, 4) is 0 Å². The van der Waals surface area contributed by atoms with Crippen molar-refractivity contribution in [2.45, 2.75) is 11.5 Å². The van der Waals surface area contributed by atoms with Crippen LogP contribution in [0.1, 0.15) is 11.1 Å². The molecule has 0 aliphatic heterocycles. The molecule has 114 valence electrons. The van der Waals surface area contributed by atoms with Crippen molar-refractivity contribution in [3.05, 3.63) is 53.6 Å². The number of hydrogen-bond acceptors (Lipinski definition) is 2. The largest absolute Gasteiger partial charge is 0.416 e. The Morgan fingerprint density at radius 3 is 2.64 bits per heavy atom. The molecule has 2 N–H and O–H groups in total. The van der Waals surface area contributed by atoms with Crippen molar-refractivity contribution in [2.75, 3.05) is 5.32 Å². The molecule has 7 heteroatoms. The number of para-hydroxylation sites is 1. The van der Waals surface area contributed by atoms with Gasteiger partial charge in [0.05, 0.1) is 16.6 Å². The average Bonchev–Trinajstić information content (AvgIpc) is 2.88. The maximum Gasteiger partial charge on any atom is 0.416 e. The number of alkyl halides is 4. The van der Waals surface area contributed by atoms with E-state index in [1.807, 2.05) is 24.3 Å². The van der Waals surface area contributed by atoms with Crippen LogP contribution in [0.5, 0.6) is 0 Å². The Morgan fingerprint density at radius 1 is 1.14 bits per heavy atom. The number of fused-ring (bicyclic) bond motifs is 1. The maximum atomic E-state index is 12.7. The second-order valence-corrected chi connectivity index (χ2v) is 5.29. The van der Waals surface area contributed by atoms with E-state index in [1.165, 1.54) is 6.07 Å². The quantitative estimate of drug-likeness (QED) is 0.621. The molecule has 1 heterocycles. The predicted molar refractivity (Wildman–Crippen MR) is 83.5 cm³/mol. The van der Waals surface area contributed by atoms with Gasteiger partial charge in [-0.2, -0.15) is 13.2 Å². The highest BCUT2D eigenvalue weighted by Gasteiger charge is 2.30. The van der Waals surface area contributed by atoms with Crippen molar-refractivity contribution in [2.24, 2.45) is 0 Å². The van der Waals surface area contributed by atoms with E-state index in [0.717, 1.165) is 23.4 Å². The topological polar surface area (TPSA) is 40.7 Å². The fraction of sp³-hybridized carbons (Fsp3) is 0.133. The summed E-state index contributed by atoms with van der Waals surface area (Å²) >= 11 is 3.39. The lowest BCUT2D eigenvalue weighted by atomic mass is 10.2. The van der Waals surface area contributed by atoms with E-state index < -0.39 is 11.7 Å². The van der Waals surface area contributed by atoms with Gasteiger partial charge in [0.15, 0.2) is 0 Å². The van der Waals surface area contributed by atoms with E-state index in [0.29, 0.717) is 16.8 Å². The minimum absolute atomic E-state index is 0.272. The van der Waals surface area contributed by atoms with E-state index in [4.69, 9.17) is 0 Å². The Morgan fingerprint density at radius 2 is 1.91 bits per heavy atom.